The second-order valence-corrected chi connectivity index (χ2v) is 6.12. The van der Waals surface area contributed by atoms with Gasteiger partial charge >= 0.3 is 0 Å². The van der Waals surface area contributed by atoms with Gasteiger partial charge in [-0.1, -0.05) is 19.1 Å². The summed E-state index contributed by atoms with van der Waals surface area (Å²) in [6.45, 7) is 3.59. The summed E-state index contributed by atoms with van der Waals surface area (Å²) in [5, 5.41) is 0. The lowest BCUT2D eigenvalue weighted by Gasteiger charge is -2.32. The Balaban J connectivity index is 2.23. The van der Waals surface area contributed by atoms with Crippen molar-refractivity contribution in [3.8, 4) is 0 Å². The number of hydrogen-bond acceptors (Lipinski definition) is 2. The Morgan fingerprint density at radius 3 is 2.88 bits per heavy atom. The SMILES string of the molecule is CN1CC[C@@]2(C)c3cccc(Br)c3N(C)[C@@H]12. The van der Waals surface area contributed by atoms with Gasteiger partial charge < -0.3 is 4.90 Å². The van der Waals surface area contributed by atoms with Gasteiger partial charge in [0, 0.05) is 23.5 Å². The molecule has 3 heteroatoms. The first-order valence-corrected chi connectivity index (χ1v) is 6.57. The van der Waals surface area contributed by atoms with E-state index in [4.69, 9.17) is 0 Å². The maximum atomic E-state index is 3.68. The predicted molar refractivity (Wildman–Crippen MR) is 70.9 cm³/mol. The number of anilines is 1. The minimum Gasteiger partial charge on any atom is -0.357 e. The molecule has 0 radical (unpaired) electrons. The molecule has 2 heterocycles. The number of halogens is 1. The molecular formula is C13H17BrN2. The molecule has 1 aromatic rings. The van der Waals surface area contributed by atoms with Crippen LogP contribution in [0.5, 0.6) is 0 Å². The zero-order valence-corrected chi connectivity index (χ0v) is 11.6. The fourth-order valence-electron chi connectivity index (χ4n) is 3.60. The average Bonchev–Trinajstić information content (AvgIpc) is 2.65. The molecule has 2 nitrogen and oxygen atoms in total. The Bertz CT molecular complexity index is 446. The number of fused-ring (bicyclic) bond motifs is 3. The number of likely N-dealkylation sites (N-methyl/N-ethyl adjacent to an activating group) is 2. The Morgan fingerprint density at radius 2 is 2.12 bits per heavy atom. The van der Waals surface area contributed by atoms with Gasteiger partial charge in [-0.2, -0.15) is 0 Å². The summed E-state index contributed by atoms with van der Waals surface area (Å²) in [6.07, 6.45) is 1.77. The molecule has 0 aromatic heterocycles. The maximum absolute atomic E-state index is 3.68. The topological polar surface area (TPSA) is 6.48 Å². The molecule has 0 spiro atoms. The first kappa shape index (κ1) is 10.6. The third kappa shape index (κ3) is 1.11. The van der Waals surface area contributed by atoms with Crippen molar-refractivity contribution >= 4 is 21.6 Å². The standard InChI is InChI=1S/C13H17BrN2/c1-13-7-8-15(2)12(13)16(3)11-9(13)5-4-6-10(11)14/h4-6,12H,7-8H2,1-3H3/t12-,13+/m1/s1. The van der Waals surface area contributed by atoms with Crippen LogP contribution in [0.1, 0.15) is 18.9 Å². The van der Waals surface area contributed by atoms with Gasteiger partial charge in [0.15, 0.2) is 0 Å². The number of para-hydroxylation sites is 1. The van der Waals surface area contributed by atoms with Gasteiger partial charge in [-0.05, 0) is 41.0 Å². The normalized spacial score (nSPS) is 33.0. The van der Waals surface area contributed by atoms with E-state index < -0.39 is 0 Å². The summed E-state index contributed by atoms with van der Waals surface area (Å²) in [6, 6.07) is 6.58. The molecule has 2 aliphatic rings. The van der Waals surface area contributed by atoms with Crippen LogP contribution in [-0.2, 0) is 5.41 Å². The minimum atomic E-state index is 0.294. The van der Waals surface area contributed by atoms with Crippen molar-refractivity contribution in [2.75, 3.05) is 25.5 Å². The Labute approximate surface area is 105 Å². The first-order chi connectivity index (χ1) is 7.55. The highest BCUT2D eigenvalue weighted by Gasteiger charge is 2.52. The molecule has 0 aliphatic carbocycles. The molecule has 1 fully saturated rings. The van der Waals surface area contributed by atoms with Crippen LogP contribution in [0.15, 0.2) is 22.7 Å². The number of benzene rings is 1. The minimum absolute atomic E-state index is 0.294. The van der Waals surface area contributed by atoms with E-state index in [0.717, 1.165) is 0 Å². The largest absolute Gasteiger partial charge is 0.357 e. The second-order valence-electron chi connectivity index (χ2n) is 5.27. The maximum Gasteiger partial charge on any atom is 0.0912 e. The van der Waals surface area contributed by atoms with Crippen LogP contribution >= 0.6 is 15.9 Å². The van der Waals surface area contributed by atoms with Gasteiger partial charge in [-0.15, -0.1) is 0 Å². The van der Waals surface area contributed by atoms with Crippen molar-refractivity contribution in [2.45, 2.75) is 24.9 Å². The summed E-state index contributed by atoms with van der Waals surface area (Å²) in [5.41, 5.74) is 3.17. The molecule has 86 valence electrons. The molecule has 0 saturated carbocycles. The van der Waals surface area contributed by atoms with Crippen molar-refractivity contribution in [3.05, 3.63) is 28.2 Å². The third-order valence-electron chi connectivity index (χ3n) is 4.29. The van der Waals surface area contributed by atoms with Crippen LogP contribution in [0.25, 0.3) is 0 Å². The van der Waals surface area contributed by atoms with Crippen molar-refractivity contribution in [3.63, 3.8) is 0 Å². The van der Waals surface area contributed by atoms with E-state index in [1.54, 1.807) is 0 Å². The van der Waals surface area contributed by atoms with Crippen molar-refractivity contribution in [1.29, 1.82) is 0 Å². The van der Waals surface area contributed by atoms with E-state index in [9.17, 15) is 0 Å². The summed E-state index contributed by atoms with van der Waals surface area (Å²) in [4.78, 5) is 4.89. The van der Waals surface area contributed by atoms with Crippen LogP contribution in [0.2, 0.25) is 0 Å². The molecule has 16 heavy (non-hydrogen) atoms. The smallest absolute Gasteiger partial charge is 0.0912 e. The number of nitrogens with zero attached hydrogens (tertiary/aromatic N) is 2. The predicted octanol–water partition coefficient (Wildman–Crippen LogP) is 2.82. The zero-order chi connectivity index (χ0) is 11.5. The van der Waals surface area contributed by atoms with Crippen molar-refractivity contribution < 1.29 is 0 Å². The van der Waals surface area contributed by atoms with Crippen LogP contribution in [0, 0.1) is 0 Å². The summed E-state index contributed by atoms with van der Waals surface area (Å²) in [5.74, 6) is 0. The first-order valence-electron chi connectivity index (χ1n) is 5.78. The molecule has 2 atom stereocenters. The summed E-state index contributed by atoms with van der Waals surface area (Å²) >= 11 is 3.68. The molecule has 0 N–H and O–H groups in total. The average molecular weight is 281 g/mol. The van der Waals surface area contributed by atoms with E-state index in [1.807, 2.05) is 0 Å². The third-order valence-corrected chi connectivity index (χ3v) is 4.93. The van der Waals surface area contributed by atoms with E-state index >= 15 is 0 Å². The molecule has 1 saturated heterocycles. The van der Waals surface area contributed by atoms with Crippen LogP contribution in [0.3, 0.4) is 0 Å². The van der Waals surface area contributed by atoms with Crippen molar-refractivity contribution in [1.82, 2.24) is 4.90 Å². The van der Waals surface area contributed by atoms with Crippen LogP contribution < -0.4 is 4.90 Å². The fraction of sp³-hybridized carbons (Fsp3) is 0.538. The Morgan fingerprint density at radius 1 is 1.38 bits per heavy atom. The molecule has 0 unspecified atom stereocenters. The molecule has 0 bridgehead atoms. The van der Waals surface area contributed by atoms with Gasteiger partial charge in [0.1, 0.15) is 0 Å². The van der Waals surface area contributed by atoms with E-state index in [0.29, 0.717) is 11.6 Å². The molecule has 2 aliphatic heterocycles. The molecule has 1 aromatic carbocycles. The molecular weight excluding hydrogens is 264 g/mol. The fourth-order valence-corrected chi connectivity index (χ4v) is 4.25. The lowest BCUT2D eigenvalue weighted by molar-refractivity contribution is 0.268. The lowest BCUT2D eigenvalue weighted by Crippen LogP contribution is -2.45. The van der Waals surface area contributed by atoms with Gasteiger partial charge in [-0.25, -0.2) is 0 Å². The van der Waals surface area contributed by atoms with E-state index in [2.05, 4.69) is 64.9 Å². The van der Waals surface area contributed by atoms with Crippen LogP contribution in [-0.4, -0.2) is 31.7 Å². The number of hydrogen-bond donors (Lipinski definition) is 0. The molecule has 3 rings (SSSR count). The molecule has 0 amide bonds. The zero-order valence-electron chi connectivity index (χ0n) is 10.00. The van der Waals surface area contributed by atoms with E-state index in [1.165, 1.54) is 28.7 Å². The van der Waals surface area contributed by atoms with Crippen molar-refractivity contribution in [2.24, 2.45) is 0 Å². The second kappa shape index (κ2) is 3.23. The quantitative estimate of drug-likeness (QED) is 0.721. The monoisotopic (exact) mass is 280 g/mol. The highest BCUT2D eigenvalue weighted by atomic mass is 79.9. The highest BCUT2D eigenvalue weighted by Crippen LogP contribution is 2.52. The number of likely N-dealkylation sites (tertiary alicyclic amines) is 1. The number of rotatable bonds is 0. The summed E-state index contributed by atoms with van der Waals surface area (Å²) in [7, 11) is 4.44. The van der Waals surface area contributed by atoms with E-state index in [-0.39, 0.29) is 0 Å². The highest BCUT2D eigenvalue weighted by molar-refractivity contribution is 9.10. The van der Waals surface area contributed by atoms with Gasteiger partial charge in [0.05, 0.1) is 11.9 Å². The van der Waals surface area contributed by atoms with Crippen LogP contribution in [0.4, 0.5) is 5.69 Å². The Hall–Kier alpha value is -0.540. The van der Waals surface area contributed by atoms with Gasteiger partial charge in [0.2, 0.25) is 0 Å². The Kier molecular flexibility index (Phi) is 2.14. The van der Waals surface area contributed by atoms with Gasteiger partial charge in [-0.3, -0.25) is 4.90 Å². The van der Waals surface area contributed by atoms with Gasteiger partial charge in [0.25, 0.3) is 0 Å². The lowest BCUT2D eigenvalue weighted by atomic mass is 9.81. The summed E-state index contributed by atoms with van der Waals surface area (Å²) < 4.78 is 1.22.